The lowest BCUT2D eigenvalue weighted by atomic mass is 10.0. The monoisotopic (exact) mass is 634 g/mol. The molecule has 2 aliphatic rings. The number of hydrogen-bond acceptors (Lipinski definition) is 8. The molecule has 2 aromatic carbocycles. The largest absolute Gasteiger partial charge is 0.491 e. The Bertz CT molecular complexity index is 1530. The molecule has 0 unspecified atom stereocenters. The van der Waals surface area contributed by atoms with Gasteiger partial charge in [0.05, 0.1) is 31.1 Å². The number of rotatable bonds is 7. The molecule has 4 bridgehead atoms. The number of amides is 4. The standard InChI is InChI=1S/C33H42N6O7/c1-22-15-23(2)39(37-22)12-8-31(40)38-11-7-29-30(20-38)45-21-24-5-4-6-26(16-24)46-28-18-25(17-27(19-28)44-14-13-43-3)32(41)34-9-10-35-33(42)36-29/h4-6,15-19,29-30H,7-14,20-21H2,1-3H3,(H,34,41)(H2,35,36,42)/t29-,30-/m0/s1. The number of likely N-dealkylation sites (tertiary alicyclic amines) is 1. The van der Waals surface area contributed by atoms with Gasteiger partial charge >= 0.3 is 6.03 Å². The average Bonchev–Trinajstić information content (AvgIpc) is 3.37. The summed E-state index contributed by atoms with van der Waals surface area (Å²) in [5.74, 6) is 1.13. The molecule has 0 spiro atoms. The first-order valence-electron chi connectivity index (χ1n) is 15.5. The van der Waals surface area contributed by atoms with Crippen LogP contribution in [0.3, 0.4) is 0 Å². The molecule has 2 aliphatic heterocycles. The lowest BCUT2D eigenvalue weighted by Crippen LogP contribution is -2.58. The Morgan fingerprint density at radius 1 is 1.04 bits per heavy atom. The van der Waals surface area contributed by atoms with Gasteiger partial charge in [0, 0.05) is 63.6 Å². The molecule has 3 N–H and O–H groups in total. The van der Waals surface area contributed by atoms with E-state index < -0.39 is 6.10 Å². The highest BCUT2D eigenvalue weighted by molar-refractivity contribution is 5.95. The van der Waals surface area contributed by atoms with Gasteiger partial charge in [0.2, 0.25) is 5.91 Å². The number of aromatic nitrogens is 2. The Kier molecular flexibility index (Phi) is 11.1. The fraction of sp³-hybridized carbons (Fsp3) is 0.455. The molecule has 0 radical (unpaired) electrons. The highest BCUT2D eigenvalue weighted by Gasteiger charge is 2.33. The average molecular weight is 635 g/mol. The van der Waals surface area contributed by atoms with Gasteiger partial charge in [0.25, 0.3) is 5.91 Å². The predicted molar refractivity (Wildman–Crippen MR) is 169 cm³/mol. The molecule has 1 aromatic heterocycles. The summed E-state index contributed by atoms with van der Waals surface area (Å²) < 4.78 is 25.2. The normalized spacial score (nSPS) is 19.0. The van der Waals surface area contributed by atoms with Gasteiger partial charge in [-0.05, 0) is 56.2 Å². The van der Waals surface area contributed by atoms with Gasteiger partial charge in [-0.2, -0.15) is 5.10 Å². The van der Waals surface area contributed by atoms with Crippen molar-refractivity contribution in [3.63, 3.8) is 0 Å². The Morgan fingerprint density at radius 2 is 1.89 bits per heavy atom. The zero-order chi connectivity index (χ0) is 32.5. The van der Waals surface area contributed by atoms with Gasteiger partial charge in [0.1, 0.15) is 23.9 Å². The fourth-order valence-corrected chi connectivity index (χ4v) is 5.54. The van der Waals surface area contributed by atoms with E-state index in [4.69, 9.17) is 18.9 Å². The first kappa shape index (κ1) is 32.8. The molecular formula is C33H42N6O7. The van der Waals surface area contributed by atoms with Crippen LogP contribution < -0.4 is 25.4 Å². The maximum Gasteiger partial charge on any atom is 0.315 e. The summed E-state index contributed by atoms with van der Waals surface area (Å²) in [6.45, 7) is 6.60. The molecule has 0 aliphatic carbocycles. The first-order chi connectivity index (χ1) is 22.3. The number of fused-ring (bicyclic) bond motifs is 5. The van der Waals surface area contributed by atoms with Crippen LogP contribution in [0.15, 0.2) is 48.5 Å². The summed E-state index contributed by atoms with van der Waals surface area (Å²) >= 11 is 0. The maximum atomic E-state index is 13.2. The molecule has 246 valence electrons. The van der Waals surface area contributed by atoms with E-state index in [-0.39, 0.29) is 43.6 Å². The van der Waals surface area contributed by atoms with E-state index in [1.807, 2.05) is 48.9 Å². The number of nitrogens with one attached hydrogen (secondary N) is 3. The van der Waals surface area contributed by atoms with Crippen molar-refractivity contribution < 1.29 is 33.3 Å². The van der Waals surface area contributed by atoms with Crippen LogP contribution in [0, 0.1) is 13.8 Å². The van der Waals surface area contributed by atoms with Crippen LogP contribution >= 0.6 is 0 Å². The number of carbonyl (C=O) groups is 3. The Labute approximate surface area is 268 Å². The minimum atomic E-state index is -0.441. The number of hydrogen-bond donors (Lipinski definition) is 3. The molecule has 4 amide bonds. The van der Waals surface area contributed by atoms with Gasteiger partial charge in [-0.3, -0.25) is 14.3 Å². The molecule has 3 heterocycles. The molecule has 1 fully saturated rings. The smallest absolute Gasteiger partial charge is 0.315 e. The van der Waals surface area contributed by atoms with Crippen LogP contribution in [0.25, 0.3) is 0 Å². The van der Waals surface area contributed by atoms with E-state index in [0.717, 1.165) is 17.0 Å². The van der Waals surface area contributed by atoms with Crippen molar-refractivity contribution in [1.82, 2.24) is 30.6 Å². The number of aryl methyl sites for hydroxylation is 3. The summed E-state index contributed by atoms with van der Waals surface area (Å²) in [7, 11) is 1.58. The molecule has 0 saturated carbocycles. The molecule has 5 rings (SSSR count). The topological polar surface area (TPSA) is 145 Å². The van der Waals surface area contributed by atoms with Crippen molar-refractivity contribution in [3.05, 3.63) is 71.0 Å². The highest BCUT2D eigenvalue weighted by Crippen LogP contribution is 2.29. The number of urea groups is 1. The molecular weight excluding hydrogens is 592 g/mol. The summed E-state index contributed by atoms with van der Waals surface area (Å²) in [6, 6.07) is 13.7. The number of ether oxygens (including phenoxy) is 4. The second-order valence-electron chi connectivity index (χ2n) is 11.4. The minimum Gasteiger partial charge on any atom is -0.491 e. The lowest BCUT2D eigenvalue weighted by Gasteiger charge is -2.38. The van der Waals surface area contributed by atoms with E-state index in [2.05, 4.69) is 21.0 Å². The lowest BCUT2D eigenvalue weighted by molar-refractivity contribution is -0.136. The van der Waals surface area contributed by atoms with E-state index in [1.54, 1.807) is 30.2 Å². The molecule has 46 heavy (non-hydrogen) atoms. The summed E-state index contributed by atoms with van der Waals surface area (Å²) in [4.78, 5) is 40.9. The van der Waals surface area contributed by atoms with E-state index >= 15 is 0 Å². The van der Waals surface area contributed by atoms with Crippen molar-refractivity contribution in [2.75, 3.05) is 46.5 Å². The number of carbonyl (C=O) groups excluding carboxylic acids is 3. The van der Waals surface area contributed by atoms with Gasteiger partial charge in [0.15, 0.2) is 0 Å². The van der Waals surface area contributed by atoms with Crippen molar-refractivity contribution in [2.45, 2.75) is 52.0 Å². The minimum absolute atomic E-state index is 0.0115. The third kappa shape index (κ3) is 8.98. The number of piperidine rings is 1. The van der Waals surface area contributed by atoms with Crippen LogP contribution in [0.5, 0.6) is 17.2 Å². The zero-order valence-corrected chi connectivity index (χ0v) is 26.5. The Balaban J connectivity index is 1.31. The third-order valence-corrected chi connectivity index (χ3v) is 7.86. The Morgan fingerprint density at radius 3 is 2.70 bits per heavy atom. The highest BCUT2D eigenvalue weighted by atomic mass is 16.5. The van der Waals surface area contributed by atoms with Crippen LogP contribution in [-0.2, 0) is 27.4 Å². The van der Waals surface area contributed by atoms with E-state index in [0.29, 0.717) is 68.5 Å². The van der Waals surface area contributed by atoms with Gasteiger partial charge in [-0.25, -0.2) is 4.79 Å². The van der Waals surface area contributed by atoms with Crippen molar-refractivity contribution >= 4 is 17.8 Å². The second-order valence-corrected chi connectivity index (χ2v) is 11.4. The second kappa shape index (κ2) is 15.6. The SMILES string of the molecule is COCCOc1cc2cc(c1)C(=O)NCCNC(=O)N[C@H]1CCN(C(=O)CCn3nc(C)cc3C)C[C@@H]1OCc1cccc(c1)O2. The van der Waals surface area contributed by atoms with E-state index in [9.17, 15) is 14.4 Å². The third-order valence-electron chi connectivity index (χ3n) is 7.86. The van der Waals surface area contributed by atoms with Crippen LogP contribution in [-0.4, -0.2) is 91.2 Å². The maximum absolute atomic E-state index is 13.2. The van der Waals surface area contributed by atoms with E-state index in [1.165, 1.54) is 0 Å². The number of benzene rings is 2. The molecule has 13 nitrogen and oxygen atoms in total. The Hall–Kier alpha value is -4.62. The fourth-order valence-electron chi connectivity index (χ4n) is 5.54. The molecule has 13 heteroatoms. The number of nitrogens with zero attached hydrogens (tertiary/aromatic N) is 3. The van der Waals surface area contributed by atoms with Crippen LogP contribution in [0.2, 0.25) is 0 Å². The van der Waals surface area contributed by atoms with Crippen molar-refractivity contribution in [1.29, 1.82) is 0 Å². The summed E-state index contributed by atoms with van der Waals surface area (Å²) in [5, 5.41) is 13.1. The van der Waals surface area contributed by atoms with Crippen molar-refractivity contribution in [2.24, 2.45) is 0 Å². The van der Waals surface area contributed by atoms with Crippen LogP contribution in [0.4, 0.5) is 4.79 Å². The van der Waals surface area contributed by atoms with Gasteiger partial charge < -0.3 is 39.8 Å². The zero-order valence-electron chi connectivity index (χ0n) is 26.5. The summed E-state index contributed by atoms with van der Waals surface area (Å²) in [5.41, 5.74) is 3.14. The number of methoxy groups -OCH3 is 1. The van der Waals surface area contributed by atoms with Gasteiger partial charge in [-0.15, -0.1) is 0 Å². The summed E-state index contributed by atoms with van der Waals surface area (Å²) in [6.07, 6.45) is 0.412. The molecule has 3 aromatic rings. The quantitative estimate of drug-likeness (QED) is 0.337. The molecule has 1 saturated heterocycles. The van der Waals surface area contributed by atoms with Crippen LogP contribution in [0.1, 0.15) is 40.2 Å². The van der Waals surface area contributed by atoms with Gasteiger partial charge in [-0.1, -0.05) is 12.1 Å². The predicted octanol–water partition coefficient (Wildman–Crippen LogP) is 2.94. The first-order valence-corrected chi connectivity index (χ1v) is 15.5. The molecule has 2 atom stereocenters. The van der Waals surface area contributed by atoms with Crippen molar-refractivity contribution in [3.8, 4) is 17.2 Å².